The molecule has 1 aromatic heterocycles. The molecule has 1 saturated heterocycles. The molecular weight excluding hydrogens is 304 g/mol. The third kappa shape index (κ3) is 4.62. The van der Waals surface area contributed by atoms with Gasteiger partial charge in [0.25, 0.3) is 0 Å². The quantitative estimate of drug-likeness (QED) is 0.804. The maximum Gasteiger partial charge on any atom is 0.249 e. The van der Waals surface area contributed by atoms with E-state index in [4.69, 9.17) is 4.74 Å². The molecule has 2 heterocycles. The Balaban J connectivity index is 1.55. The van der Waals surface area contributed by atoms with E-state index in [-0.39, 0.29) is 0 Å². The van der Waals surface area contributed by atoms with Crippen molar-refractivity contribution in [1.82, 2.24) is 20.1 Å². The standard InChI is InChI=1S/C17H24N6O/c1-2-14-5-3-4-6-15(14)20-17-21-16(13-19-22-17)18-7-8-23-9-11-24-12-10-23/h3-6,13H,2,7-12H2,1H3,(H2,18,20,21,22). The minimum atomic E-state index is 0.507. The van der Waals surface area contributed by atoms with Gasteiger partial charge in [-0.05, 0) is 18.1 Å². The molecule has 7 nitrogen and oxygen atoms in total. The van der Waals surface area contributed by atoms with Crippen molar-refractivity contribution in [2.24, 2.45) is 0 Å². The van der Waals surface area contributed by atoms with E-state index in [2.05, 4.69) is 43.7 Å². The van der Waals surface area contributed by atoms with Crippen molar-refractivity contribution in [3.8, 4) is 0 Å². The number of ether oxygens (including phenoxy) is 1. The van der Waals surface area contributed by atoms with Crippen LogP contribution < -0.4 is 10.6 Å². The summed E-state index contributed by atoms with van der Waals surface area (Å²) < 4.78 is 5.35. The lowest BCUT2D eigenvalue weighted by Crippen LogP contribution is -2.39. The van der Waals surface area contributed by atoms with E-state index >= 15 is 0 Å². The normalized spacial score (nSPS) is 15.2. The summed E-state index contributed by atoms with van der Waals surface area (Å²) in [5.74, 6) is 1.24. The van der Waals surface area contributed by atoms with Gasteiger partial charge in [0.1, 0.15) is 0 Å². The number of para-hydroxylation sites is 1. The Labute approximate surface area is 142 Å². The highest BCUT2D eigenvalue weighted by molar-refractivity contribution is 5.58. The molecule has 3 rings (SSSR count). The van der Waals surface area contributed by atoms with Gasteiger partial charge < -0.3 is 15.4 Å². The first-order chi connectivity index (χ1) is 11.8. The highest BCUT2D eigenvalue weighted by Gasteiger charge is 2.09. The van der Waals surface area contributed by atoms with Crippen LogP contribution in [0.4, 0.5) is 17.5 Å². The minimum absolute atomic E-state index is 0.507. The molecule has 0 bridgehead atoms. The first-order valence-corrected chi connectivity index (χ1v) is 8.44. The molecule has 0 radical (unpaired) electrons. The Morgan fingerprint density at radius 3 is 2.88 bits per heavy atom. The molecule has 1 fully saturated rings. The fourth-order valence-corrected chi connectivity index (χ4v) is 2.68. The fraction of sp³-hybridized carbons (Fsp3) is 0.471. The van der Waals surface area contributed by atoms with Crippen LogP contribution in [0.1, 0.15) is 12.5 Å². The number of anilines is 3. The highest BCUT2D eigenvalue weighted by Crippen LogP contribution is 2.19. The lowest BCUT2D eigenvalue weighted by Gasteiger charge is -2.26. The molecule has 7 heteroatoms. The van der Waals surface area contributed by atoms with Crippen molar-refractivity contribution >= 4 is 17.5 Å². The highest BCUT2D eigenvalue weighted by atomic mass is 16.5. The number of rotatable bonds is 7. The van der Waals surface area contributed by atoms with Gasteiger partial charge in [0.15, 0.2) is 5.82 Å². The average Bonchev–Trinajstić information content (AvgIpc) is 2.63. The van der Waals surface area contributed by atoms with Crippen LogP contribution in [0.15, 0.2) is 30.5 Å². The summed E-state index contributed by atoms with van der Waals surface area (Å²) in [4.78, 5) is 6.86. The average molecular weight is 328 g/mol. The number of hydrogen-bond donors (Lipinski definition) is 2. The Bertz CT molecular complexity index is 644. The molecule has 2 aromatic rings. The largest absolute Gasteiger partial charge is 0.379 e. The van der Waals surface area contributed by atoms with Crippen LogP contribution in [-0.2, 0) is 11.2 Å². The van der Waals surface area contributed by atoms with E-state index in [0.717, 1.165) is 57.3 Å². The van der Waals surface area contributed by atoms with E-state index in [9.17, 15) is 0 Å². The van der Waals surface area contributed by atoms with E-state index in [1.54, 1.807) is 6.20 Å². The number of aromatic nitrogens is 3. The van der Waals surface area contributed by atoms with Gasteiger partial charge in [-0.25, -0.2) is 0 Å². The number of morpholine rings is 1. The predicted molar refractivity (Wildman–Crippen MR) is 94.7 cm³/mol. The molecule has 0 saturated carbocycles. The molecule has 0 unspecified atom stereocenters. The maximum atomic E-state index is 5.35. The SMILES string of the molecule is CCc1ccccc1Nc1nncc(NCCN2CCOCC2)n1. The Morgan fingerprint density at radius 2 is 2.04 bits per heavy atom. The van der Waals surface area contributed by atoms with Crippen LogP contribution >= 0.6 is 0 Å². The number of nitrogens with zero attached hydrogens (tertiary/aromatic N) is 4. The second-order valence-corrected chi connectivity index (χ2v) is 5.68. The summed E-state index contributed by atoms with van der Waals surface area (Å²) in [5.41, 5.74) is 2.25. The first-order valence-electron chi connectivity index (χ1n) is 8.44. The van der Waals surface area contributed by atoms with Gasteiger partial charge in [0, 0.05) is 31.9 Å². The van der Waals surface area contributed by atoms with Crippen LogP contribution in [0.2, 0.25) is 0 Å². The summed E-state index contributed by atoms with van der Waals surface area (Å²) in [7, 11) is 0. The molecule has 2 N–H and O–H groups in total. The second kappa shape index (κ2) is 8.56. The van der Waals surface area contributed by atoms with Gasteiger partial charge >= 0.3 is 0 Å². The molecular formula is C17H24N6O. The van der Waals surface area contributed by atoms with E-state index in [1.807, 2.05) is 18.2 Å². The molecule has 0 spiro atoms. The zero-order valence-corrected chi connectivity index (χ0v) is 14.0. The summed E-state index contributed by atoms with van der Waals surface area (Å²) in [5, 5.41) is 14.7. The summed E-state index contributed by atoms with van der Waals surface area (Å²) in [6, 6.07) is 8.16. The molecule has 1 aromatic carbocycles. The van der Waals surface area contributed by atoms with E-state index in [0.29, 0.717) is 5.95 Å². The van der Waals surface area contributed by atoms with Crippen molar-refractivity contribution in [2.75, 3.05) is 50.0 Å². The van der Waals surface area contributed by atoms with Gasteiger partial charge in [-0.15, -0.1) is 5.10 Å². The van der Waals surface area contributed by atoms with Crippen LogP contribution in [0.5, 0.6) is 0 Å². The van der Waals surface area contributed by atoms with E-state index < -0.39 is 0 Å². The van der Waals surface area contributed by atoms with Gasteiger partial charge in [-0.2, -0.15) is 10.1 Å². The summed E-state index contributed by atoms with van der Waals surface area (Å²) in [6.45, 7) is 7.54. The van der Waals surface area contributed by atoms with Crippen LogP contribution in [0.25, 0.3) is 0 Å². The zero-order valence-electron chi connectivity index (χ0n) is 14.0. The third-order valence-corrected chi connectivity index (χ3v) is 4.04. The molecule has 1 aliphatic heterocycles. The topological polar surface area (TPSA) is 75.2 Å². The molecule has 24 heavy (non-hydrogen) atoms. The van der Waals surface area contributed by atoms with Gasteiger partial charge in [0.2, 0.25) is 5.95 Å². The van der Waals surface area contributed by atoms with Crippen LogP contribution in [0, 0.1) is 0 Å². The minimum Gasteiger partial charge on any atom is -0.379 e. The van der Waals surface area contributed by atoms with Crippen molar-refractivity contribution in [3.05, 3.63) is 36.0 Å². The first kappa shape index (κ1) is 16.6. The van der Waals surface area contributed by atoms with Crippen LogP contribution in [-0.4, -0.2) is 59.5 Å². The fourth-order valence-electron chi connectivity index (χ4n) is 2.68. The lowest BCUT2D eigenvalue weighted by atomic mass is 10.1. The van der Waals surface area contributed by atoms with Crippen molar-refractivity contribution in [2.45, 2.75) is 13.3 Å². The Kier molecular flexibility index (Phi) is 5.92. The second-order valence-electron chi connectivity index (χ2n) is 5.68. The van der Waals surface area contributed by atoms with Crippen molar-refractivity contribution < 1.29 is 4.74 Å². The number of hydrogen-bond acceptors (Lipinski definition) is 7. The van der Waals surface area contributed by atoms with E-state index in [1.165, 1.54) is 5.56 Å². The van der Waals surface area contributed by atoms with Crippen molar-refractivity contribution in [1.29, 1.82) is 0 Å². The molecule has 1 aliphatic rings. The maximum absolute atomic E-state index is 5.35. The molecule has 0 amide bonds. The summed E-state index contributed by atoms with van der Waals surface area (Å²) in [6.07, 6.45) is 2.60. The Hall–Kier alpha value is -2.25. The lowest BCUT2D eigenvalue weighted by molar-refractivity contribution is 0.0398. The zero-order chi connectivity index (χ0) is 16.6. The van der Waals surface area contributed by atoms with Gasteiger partial charge in [-0.1, -0.05) is 25.1 Å². The van der Waals surface area contributed by atoms with Crippen LogP contribution in [0.3, 0.4) is 0 Å². The number of benzene rings is 1. The summed E-state index contributed by atoms with van der Waals surface area (Å²) >= 11 is 0. The number of aryl methyl sites for hydroxylation is 1. The Morgan fingerprint density at radius 1 is 1.21 bits per heavy atom. The van der Waals surface area contributed by atoms with Gasteiger partial charge in [0.05, 0.1) is 19.4 Å². The number of nitrogens with one attached hydrogen (secondary N) is 2. The molecule has 128 valence electrons. The smallest absolute Gasteiger partial charge is 0.249 e. The molecule has 0 aliphatic carbocycles. The third-order valence-electron chi connectivity index (χ3n) is 4.04. The molecule has 0 atom stereocenters. The van der Waals surface area contributed by atoms with Gasteiger partial charge in [-0.3, -0.25) is 4.90 Å². The predicted octanol–water partition coefficient (Wildman–Crippen LogP) is 1.92. The monoisotopic (exact) mass is 328 g/mol. The van der Waals surface area contributed by atoms with Crippen molar-refractivity contribution in [3.63, 3.8) is 0 Å².